The van der Waals surface area contributed by atoms with Crippen LogP contribution in [0.2, 0.25) is 0 Å². The second kappa shape index (κ2) is 10.7. The zero-order chi connectivity index (χ0) is 20.5. The molecular weight excluding hydrogens is 354 g/mol. The van der Waals surface area contributed by atoms with Crippen LogP contribution in [0, 0.1) is 11.8 Å². The molecule has 0 aromatic heterocycles. The number of Topliss-reactive ketones (excluding diaryl/α,β-unsaturated/α-hetero) is 1. The van der Waals surface area contributed by atoms with Crippen LogP contribution in [0.5, 0.6) is 0 Å². The maximum absolute atomic E-state index is 12.6. The summed E-state index contributed by atoms with van der Waals surface area (Å²) in [6.07, 6.45) is 5.34. The Morgan fingerprint density at radius 3 is 2.32 bits per heavy atom. The van der Waals surface area contributed by atoms with Gasteiger partial charge < -0.3 is 5.32 Å². The standard InChI is InChI=1S/C22H31N3O3/c1-15(2)14-19(23-21(27)18-12-8-5-9-13-18)20(26)22(28)25-24-16(3)17-10-6-4-7-11-17/h4,6-7,10-11,15,18-19H,5,8-9,12-14H2,1-3H3,(H,23,27)(H,25,28)/b24-16+/t19-/m0/s1. The minimum absolute atomic E-state index is 0.0578. The average molecular weight is 386 g/mol. The minimum atomic E-state index is -0.818. The Balaban J connectivity index is 2.00. The molecule has 1 atom stereocenters. The number of nitrogens with zero attached hydrogens (tertiary/aromatic N) is 1. The lowest BCUT2D eigenvalue weighted by molar-refractivity contribution is -0.140. The van der Waals surface area contributed by atoms with Crippen LogP contribution in [0.15, 0.2) is 35.4 Å². The molecule has 2 rings (SSSR count). The molecule has 1 aromatic rings. The fraction of sp³-hybridized carbons (Fsp3) is 0.545. The summed E-state index contributed by atoms with van der Waals surface area (Å²) in [5, 5.41) is 6.85. The van der Waals surface area contributed by atoms with Crippen molar-refractivity contribution in [1.82, 2.24) is 10.7 Å². The van der Waals surface area contributed by atoms with Crippen molar-refractivity contribution in [3.63, 3.8) is 0 Å². The molecule has 1 aromatic carbocycles. The fourth-order valence-corrected chi connectivity index (χ4v) is 3.45. The van der Waals surface area contributed by atoms with Crippen LogP contribution in [-0.4, -0.2) is 29.4 Å². The van der Waals surface area contributed by atoms with Crippen LogP contribution in [-0.2, 0) is 14.4 Å². The Labute approximate surface area is 167 Å². The second-order valence-electron chi connectivity index (χ2n) is 7.89. The zero-order valence-corrected chi connectivity index (χ0v) is 17.0. The summed E-state index contributed by atoms with van der Waals surface area (Å²) in [4.78, 5) is 37.5. The molecule has 0 saturated heterocycles. The van der Waals surface area contributed by atoms with Gasteiger partial charge >= 0.3 is 5.91 Å². The molecule has 152 valence electrons. The number of hydrogen-bond acceptors (Lipinski definition) is 4. The van der Waals surface area contributed by atoms with E-state index in [1.165, 1.54) is 0 Å². The highest BCUT2D eigenvalue weighted by molar-refractivity contribution is 6.38. The van der Waals surface area contributed by atoms with Gasteiger partial charge in [-0.25, -0.2) is 5.43 Å². The molecule has 6 heteroatoms. The van der Waals surface area contributed by atoms with Gasteiger partial charge in [-0.15, -0.1) is 0 Å². The summed E-state index contributed by atoms with van der Waals surface area (Å²) in [6.45, 7) is 5.68. The van der Waals surface area contributed by atoms with Crippen molar-refractivity contribution in [3.05, 3.63) is 35.9 Å². The molecule has 1 aliphatic rings. The lowest BCUT2D eigenvalue weighted by Gasteiger charge is -2.24. The number of rotatable bonds is 8. The van der Waals surface area contributed by atoms with Gasteiger partial charge in [0.05, 0.1) is 11.8 Å². The first-order valence-corrected chi connectivity index (χ1v) is 10.1. The largest absolute Gasteiger partial charge is 0.345 e. The molecule has 2 amide bonds. The van der Waals surface area contributed by atoms with Gasteiger partial charge in [0.2, 0.25) is 11.7 Å². The van der Waals surface area contributed by atoms with Crippen LogP contribution < -0.4 is 10.7 Å². The quantitative estimate of drug-likeness (QED) is 0.409. The zero-order valence-electron chi connectivity index (χ0n) is 17.0. The predicted molar refractivity (Wildman–Crippen MR) is 110 cm³/mol. The number of hydrazone groups is 1. The van der Waals surface area contributed by atoms with E-state index in [9.17, 15) is 14.4 Å². The lowest BCUT2D eigenvalue weighted by Crippen LogP contribution is -2.49. The molecular formula is C22H31N3O3. The highest BCUT2D eigenvalue weighted by atomic mass is 16.2. The van der Waals surface area contributed by atoms with Crippen molar-refractivity contribution >= 4 is 23.3 Å². The number of carbonyl (C=O) groups is 3. The smallest absolute Gasteiger partial charge is 0.309 e. The maximum Gasteiger partial charge on any atom is 0.309 e. The SMILES string of the molecule is C/C(=N\NC(=O)C(=O)[C@H](CC(C)C)NC(=O)C1CCCCC1)c1ccccc1. The van der Waals surface area contributed by atoms with Crippen LogP contribution in [0.25, 0.3) is 0 Å². The van der Waals surface area contributed by atoms with E-state index in [1.54, 1.807) is 6.92 Å². The van der Waals surface area contributed by atoms with Crippen molar-refractivity contribution in [2.75, 3.05) is 0 Å². The van der Waals surface area contributed by atoms with E-state index >= 15 is 0 Å². The number of hydrogen-bond donors (Lipinski definition) is 2. The van der Waals surface area contributed by atoms with Crippen molar-refractivity contribution < 1.29 is 14.4 Å². The third kappa shape index (κ3) is 6.59. The molecule has 0 bridgehead atoms. The van der Waals surface area contributed by atoms with Gasteiger partial charge in [-0.1, -0.05) is 63.4 Å². The maximum atomic E-state index is 12.6. The second-order valence-corrected chi connectivity index (χ2v) is 7.89. The van der Waals surface area contributed by atoms with E-state index < -0.39 is 17.7 Å². The first kappa shape index (κ1) is 21.8. The third-order valence-corrected chi connectivity index (χ3v) is 5.06. The first-order valence-electron chi connectivity index (χ1n) is 10.1. The number of benzene rings is 1. The summed E-state index contributed by atoms with van der Waals surface area (Å²) in [7, 11) is 0. The van der Waals surface area contributed by atoms with Gasteiger partial charge in [-0.3, -0.25) is 14.4 Å². The van der Waals surface area contributed by atoms with E-state index in [2.05, 4.69) is 15.8 Å². The van der Waals surface area contributed by atoms with Gasteiger partial charge in [0, 0.05) is 5.92 Å². The normalized spacial score (nSPS) is 16.5. The molecule has 0 aliphatic heterocycles. The molecule has 0 unspecified atom stereocenters. The van der Waals surface area contributed by atoms with Crippen molar-refractivity contribution in [3.8, 4) is 0 Å². The first-order chi connectivity index (χ1) is 13.4. The van der Waals surface area contributed by atoms with Crippen LogP contribution in [0.4, 0.5) is 0 Å². The number of ketones is 1. The van der Waals surface area contributed by atoms with E-state index in [1.807, 2.05) is 44.2 Å². The highest BCUT2D eigenvalue weighted by Gasteiger charge is 2.30. The molecule has 2 N–H and O–H groups in total. The summed E-state index contributed by atoms with van der Waals surface area (Å²) in [6, 6.07) is 8.57. The van der Waals surface area contributed by atoms with E-state index in [0.717, 1.165) is 37.7 Å². The molecule has 1 aliphatic carbocycles. The van der Waals surface area contributed by atoms with Crippen molar-refractivity contribution in [2.24, 2.45) is 16.9 Å². The number of carbonyl (C=O) groups excluding carboxylic acids is 3. The van der Waals surface area contributed by atoms with Crippen LogP contribution in [0.1, 0.15) is 64.9 Å². The molecule has 0 heterocycles. The highest BCUT2D eigenvalue weighted by Crippen LogP contribution is 2.24. The predicted octanol–water partition coefficient (Wildman–Crippen LogP) is 3.21. The Morgan fingerprint density at radius 2 is 1.71 bits per heavy atom. The molecule has 0 spiro atoms. The van der Waals surface area contributed by atoms with E-state index in [0.29, 0.717) is 12.1 Å². The molecule has 1 fully saturated rings. The van der Waals surface area contributed by atoms with Crippen LogP contribution in [0.3, 0.4) is 0 Å². The lowest BCUT2D eigenvalue weighted by atomic mass is 9.88. The van der Waals surface area contributed by atoms with Gasteiger partial charge in [0.25, 0.3) is 0 Å². The monoisotopic (exact) mass is 385 g/mol. The molecule has 0 radical (unpaired) electrons. The molecule has 1 saturated carbocycles. The summed E-state index contributed by atoms with van der Waals surface area (Å²) in [5.41, 5.74) is 3.80. The Hall–Kier alpha value is -2.50. The summed E-state index contributed by atoms with van der Waals surface area (Å²) < 4.78 is 0. The minimum Gasteiger partial charge on any atom is -0.345 e. The molecule has 6 nitrogen and oxygen atoms in total. The fourth-order valence-electron chi connectivity index (χ4n) is 3.45. The van der Waals surface area contributed by atoms with Gasteiger partial charge in [-0.05, 0) is 37.7 Å². The topological polar surface area (TPSA) is 87.6 Å². The van der Waals surface area contributed by atoms with Gasteiger partial charge in [0.1, 0.15) is 0 Å². The Kier molecular flexibility index (Phi) is 8.36. The average Bonchev–Trinajstić information content (AvgIpc) is 2.71. The van der Waals surface area contributed by atoms with Gasteiger partial charge in [-0.2, -0.15) is 5.10 Å². The number of nitrogens with one attached hydrogen (secondary N) is 2. The van der Waals surface area contributed by atoms with Crippen molar-refractivity contribution in [1.29, 1.82) is 0 Å². The number of amides is 2. The molecule has 28 heavy (non-hydrogen) atoms. The van der Waals surface area contributed by atoms with E-state index in [-0.39, 0.29) is 17.7 Å². The summed E-state index contributed by atoms with van der Waals surface area (Å²) >= 11 is 0. The summed E-state index contributed by atoms with van der Waals surface area (Å²) in [5.74, 6) is -1.46. The van der Waals surface area contributed by atoms with Gasteiger partial charge in [0.15, 0.2) is 0 Å². The van der Waals surface area contributed by atoms with Crippen LogP contribution >= 0.6 is 0 Å². The van der Waals surface area contributed by atoms with E-state index in [4.69, 9.17) is 0 Å². The Morgan fingerprint density at radius 1 is 1.07 bits per heavy atom. The van der Waals surface area contributed by atoms with Crippen molar-refractivity contribution in [2.45, 2.75) is 65.3 Å². The third-order valence-electron chi connectivity index (χ3n) is 5.06. The Bertz CT molecular complexity index is 707.